The van der Waals surface area contributed by atoms with Crippen LogP contribution in [0.3, 0.4) is 0 Å². The average molecular weight is 566 g/mol. The van der Waals surface area contributed by atoms with Gasteiger partial charge in [-0.15, -0.1) is 0 Å². The number of carbonyl (C=O) groups is 1. The van der Waals surface area contributed by atoms with Crippen LogP contribution in [0.1, 0.15) is 17.0 Å². The van der Waals surface area contributed by atoms with Crippen molar-refractivity contribution < 1.29 is 13.2 Å². The summed E-state index contributed by atoms with van der Waals surface area (Å²) in [7, 11) is -4.02. The Labute approximate surface area is 218 Å². The molecule has 0 saturated heterocycles. The molecule has 0 aliphatic rings. The molecular formula is C26H24BrN5O3S. The number of anilines is 1. The number of hydrogen-bond donors (Lipinski definition) is 1. The van der Waals surface area contributed by atoms with E-state index in [2.05, 4.69) is 36.0 Å². The molecule has 36 heavy (non-hydrogen) atoms. The molecule has 1 N–H and O–H groups in total. The van der Waals surface area contributed by atoms with E-state index in [-0.39, 0.29) is 10.7 Å². The quantitative estimate of drug-likeness (QED) is 0.249. The first kappa shape index (κ1) is 25.3. The van der Waals surface area contributed by atoms with E-state index in [1.807, 2.05) is 44.2 Å². The summed E-state index contributed by atoms with van der Waals surface area (Å²) in [6.45, 7) is 3.47. The molecule has 0 spiro atoms. The highest BCUT2D eigenvalue weighted by Crippen LogP contribution is 2.22. The van der Waals surface area contributed by atoms with Gasteiger partial charge in [0.15, 0.2) is 0 Å². The SMILES string of the molecule is Cc1cc(/C=N/NC(=O)CN(c2ccccn2)S(=O)(=O)c2ccccc2)c(C)n1-c1ccc(Br)cc1. The Morgan fingerprint density at radius 2 is 1.75 bits per heavy atom. The Morgan fingerprint density at radius 3 is 2.42 bits per heavy atom. The standard InChI is InChI=1S/C26H24BrN5O3S/c1-19-16-21(20(2)32(19)23-13-11-22(27)12-14-23)17-29-30-26(33)18-31(25-10-6-7-15-28-25)36(34,35)24-8-4-3-5-9-24/h3-17H,18H2,1-2H3,(H,30,33)/b29-17+. The van der Waals surface area contributed by atoms with Gasteiger partial charge in [-0.05, 0) is 68.4 Å². The normalized spacial score (nSPS) is 11.5. The minimum Gasteiger partial charge on any atom is -0.318 e. The molecule has 0 fully saturated rings. The molecule has 0 atom stereocenters. The second-order valence-electron chi connectivity index (χ2n) is 7.94. The summed E-state index contributed by atoms with van der Waals surface area (Å²) in [6.07, 6.45) is 3.02. The van der Waals surface area contributed by atoms with Crippen molar-refractivity contribution in [1.29, 1.82) is 0 Å². The fourth-order valence-corrected chi connectivity index (χ4v) is 5.42. The maximum Gasteiger partial charge on any atom is 0.265 e. The van der Waals surface area contributed by atoms with E-state index >= 15 is 0 Å². The molecule has 8 nitrogen and oxygen atoms in total. The van der Waals surface area contributed by atoms with Gasteiger partial charge < -0.3 is 4.57 Å². The molecule has 0 bridgehead atoms. The van der Waals surface area contributed by atoms with Gasteiger partial charge in [-0.2, -0.15) is 5.10 Å². The fourth-order valence-electron chi connectivity index (χ4n) is 3.76. The van der Waals surface area contributed by atoms with E-state index in [0.29, 0.717) is 0 Å². The number of aromatic nitrogens is 2. The average Bonchev–Trinajstić information content (AvgIpc) is 3.16. The molecule has 10 heteroatoms. The van der Waals surface area contributed by atoms with Crippen LogP contribution in [0.25, 0.3) is 5.69 Å². The smallest absolute Gasteiger partial charge is 0.265 e. The summed E-state index contributed by atoms with van der Waals surface area (Å²) in [5.74, 6) is -0.461. The monoisotopic (exact) mass is 565 g/mol. The zero-order valence-electron chi connectivity index (χ0n) is 19.7. The van der Waals surface area contributed by atoms with Crippen LogP contribution < -0.4 is 9.73 Å². The van der Waals surface area contributed by atoms with E-state index < -0.39 is 22.5 Å². The predicted octanol–water partition coefficient (Wildman–Crippen LogP) is 4.60. The predicted molar refractivity (Wildman–Crippen MR) is 144 cm³/mol. The van der Waals surface area contributed by atoms with Gasteiger partial charge in [0.2, 0.25) is 0 Å². The van der Waals surface area contributed by atoms with Gasteiger partial charge in [0.25, 0.3) is 15.9 Å². The van der Waals surface area contributed by atoms with E-state index in [0.717, 1.165) is 31.4 Å². The molecule has 4 rings (SSSR count). The number of rotatable bonds is 8. The van der Waals surface area contributed by atoms with Crippen molar-refractivity contribution in [2.75, 3.05) is 10.8 Å². The van der Waals surface area contributed by atoms with E-state index in [1.54, 1.807) is 36.5 Å². The molecule has 0 aliphatic carbocycles. The molecule has 184 valence electrons. The maximum absolute atomic E-state index is 13.3. The van der Waals surface area contributed by atoms with Crippen LogP contribution >= 0.6 is 15.9 Å². The number of amides is 1. The number of hydrogen-bond acceptors (Lipinski definition) is 5. The topological polar surface area (TPSA) is 96.7 Å². The number of sulfonamides is 1. The van der Waals surface area contributed by atoms with E-state index in [1.165, 1.54) is 24.4 Å². The third-order valence-corrected chi connectivity index (χ3v) is 7.76. The molecule has 2 aromatic carbocycles. The summed E-state index contributed by atoms with van der Waals surface area (Å²) in [5, 5.41) is 4.08. The van der Waals surface area contributed by atoms with Crippen molar-refractivity contribution in [3.63, 3.8) is 0 Å². The molecule has 0 radical (unpaired) electrons. The van der Waals surface area contributed by atoms with Crippen LogP contribution in [0.4, 0.5) is 5.82 Å². The summed E-state index contributed by atoms with van der Waals surface area (Å²) in [6, 6.07) is 22.7. The lowest BCUT2D eigenvalue weighted by Gasteiger charge is -2.22. The molecule has 1 amide bonds. The summed E-state index contributed by atoms with van der Waals surface area (Å²) in [4.78, 5) is 16.9. The Morgan fingerprint density at radius 1 is 1.06 bits per heavy atom. The zero-order chi connectivity index (χ0) is 25.7. The van der Waals surface area contributed by atoms with Crippen LogP contribution in [0, 0.1) is 13.8 Å². The zero-order valence-corrected chi connectivity index (χ0v) is 22.1. The number of pyridine rings is 1. The Balaban J connectivity index is 1.52. The molecule has 2 heterocycles. The number of halogens is 1. The summed E-state index contributed by atoms with van der Waals surface area (Å²) in [5.41, 5.74) is 6.24. The molecule has 4 aromatic rings. The lowest BCUT2D eigenvalue weighted by molar-refractivity contribution is -0.119. The van der Waals surface area contributed by atoms with Gasteiger partial charge in [-0.1, -0.05) is 40.2 Å². The van der Waals surface area contributed by atoms with Crippen molar-refractivity contribution >= 4 is 43.9 Å². The molecule has 0 saturated carbocycles. The summed E-state index contributed by atoms with van der Waals surface area (Å²) < 4.78 is 30.6. The van der Waals surface area contributed by atoms with Crippen LogP contribution in [0.5, 0.6) is 0 Å². The second-order valence-corrected chi connectivity index (χ2v) is 10.7. The van der Waals surface area contributed by atoms with Gasteiger partial charge in [0.1, 0.15) is 12.4 Å². The van der Waals surface area contributed by atoms with Gasteiger partial charge >= 0.3 is 0 Å². The number of nitrogens with one attached hydrogen (secondary N) is 1. The highest BCUT2D eigenvalue weighted by molar-refractivity contribution is 9.10. The number of hydrazone groups is 1. The lowest BCUT2D eigenvalue weighted by atomic mass is 10.2. The van der Waals surface area contributed by atoms with Crippen LogP contribution in [-0.2, 0) is 14.8 Å². The first-order valence-electron chi connectivity index (χ1n) is 11.0. The number of nitrogens with zero attached hydrogens (tertiary/aromatic N) is 4. The van der Waals surface area contributed by atoms with Crippen molar-refractivity contribution in [2.24, 2.45) is 5.10 Å². The number of aryl methyl sites for hydroxylation is 1. The van der Waals surface area contributed by atoms with Gasteiger partial charge in [0.05, 0.1) is 11.1 Å². The van der Waals surface area contributed by atoms with E-state index in [9.17, 15) is 13.2 Å². The second kappa shape index (κ2) is 10.9. The molecule has 0 aliphatic heterocycles. The van der Waals surface area contributed by atoms with Crippen molar-refractivity contribution in [2.45, 2.75) is 18.7 Å². The fraction of sp³-hybridized carbons (Fsp3) is 0.115. The number of benzene rings is 2. The van der Waals surface area contributed by atoms with Crippen molar-refractivity contribution in [3.8, 4) is 5.69 Å². The van der Waals surface area contributed by atoms with E-state index in [4.69, 9.17) is 0 Å². The van der Waals surface area contributed by atoms with Crippen molar-refractivity contribution in [3.05, 3.63) is 106 Å². The molecule has 0 unspecified atom stereocenters. The highest BCUT2D eigenvalue weighted by Gasteiger charge is 2.27. The first-order valence-corrected chi connectivity index (χ1v) is 13.3. The lowest BCUT2D eigenvalue weighted by Crippen LogP contribution is -2.40. The maximum atomic E-state index is 13.3. The Bertz CT molecular complexity index is 1490. The van der Waals surface area contributed by atoms with Gasteiger partial charge in [0, 0.05) is 33.3 Å². The minimum absolute atomic E-state index is 0.0623. The molecule has 2 aromatic heterocycles. The highest BCUT2D eigenvalue weighted by atomic mass is 79.9. The van der Waals surface area contributed by atoms with Crippen LogP contribution in [0.15, 0.2) is 99.5 Å². The van der Waals surface area contributed by atoms with Gasteiger partial charge in [-0.3, -0.25) is 4.79 Å². The third-order valence-electron chi connectivity index (χ3n) is 5.47. The largest absolute Gasteiger partial charge is 0.318 e. The Hall–Kier alpha value is -3.76. The van der Waals surface area contributed by atoms with Gasteiger partial charge in [-0.25, -0.2) is 23.1 Å². The van der Waals surface area contributed by atoms with Crippen molar-refractivity contribution in [1.82, 2.24) is 15.0 Å². The number of carbonyl (C=O) groups excluding carboxylic acids is 1. The van der Waals surface area contributed by atoms with Crippen LogP contribution in [-0.4, -0.2) is 36.6 Å². The van der Waals surface area contributed by atoms with Crippen LogP contribution in [0.2, 0.25) is 0 Å². The summed E-state index contributed by atoms with van der Waals surface area (Å²) >= 11 is 3.45. The third kappa shape index (κ3) is 5.55. The first-order chi connectivity index (χ1) is 17.3. The Kier molecular flexibility index (Phi) is 7.66. The minimum atomic E-state index is -4.02. The molecular weight excluding hydrogens is 542 g/mol.